The van der Waals surface area contributed by atoms with Crippen LogP contribution in [-0.4, -0.2) is 33.9 Å². The van der Waals surface area contributed by atoms with Gasteiger partial charge in [-0.1, -0.05) is 5.16 Å². The van der Waals surface area contributed by atoms with E-state index in [1.54, 1.807) is 6.07 Å². The van der Waals surface area contributed by atoms with Crippen LogP contribution in [0.25, 0.3) is 5.82 Å². The molecule has 0 radical (unpaired) electrons. The van der Waals surface area contributed by atoms with E-state index in [-0.39, 0.29) is 19.1 Å². The van der Waals surface area contributed by atoms with E-state index in [0.717, 1.165) is 11.4 Å². The van der Waals surface area contributed by atoms with Crippen molar-refractivity contribution in [1.29, 1.82) is 0 Å². The summed E-state index contributed by atoms with van der Waals surface area (Å²) in [6.07, 6.45) is 0. The number of aliphatic hydroxyl groups excluding tert-OH is 1. The van der Waals surface area contributed by atoms with Crippen molar-refractivity contribution in [3.63, 3.8) is 0 Å². The van der Waals surface area contributed by atoms with E-state index in [2.05, 4.69) is 10.5 Å². The van der Waals surface area contributed by atoms with Crippen LogP contribution < -0.4 is 5.32 Å². The summed E-state index contributed by atoms with van der Waals surface area (Å²) >= 11 is 0. The van der Waals surface area contributed by atoms with Gasteiger partial charge in [-0.2, -0.15) is 0 Å². The summed E-state index contributed by atoms with van der Waals surface area (Å²) in [5.74, 6) is 1.18. The summed E-state index contributed by atoms with van der Waals surface area (Å²) in [5, 5.41) is 15.3. The first kappa shape index (κ1) is 13.4. The minimum atomic E-state index is -0.200. The minimum absolute atomic E-state index is 0.0764. The van der Waals surface area contributed by atoms with E-state index >= 15 is 0 Å². The van der Waals surface area contributed by atoms with Crippen molar-refractivity contribution >= 4 is 5.91 Å². The number of hydrogen-bond donors (Lipinski definition) is 2. The lowest BCUT2D eigenvalue weighted by molar-refractivity contribution is 0.0944. The first-order chi connectivity index (χ1) is 9.04. The number of carbonyl (C=O) groups excluding carboxylic acids is 1. The zero-order chi connectivity index (χ0) is 14.0. The molecule has 0 aliphatic heterocycles. The highest BCUT2D eigenvalue weighted by Gasteiger charge is 2.17. The maximum Gasteiger partial charge on any atom is 0.253 e. The molecule has 19 heavy (non-hydrogen) atoms. The van der Waals surface area contributed by atoms with Gasteiger partial charge in [0.25, 0.3) is 5.91 Å². The zero-order valence-corrected chi connectivity index (χ0v) is 11.2. The first-order valence-corrected chi connectivity index (χ1v) is 6.06. The van der Waals surface area contributed by atoms with Gasteiger partial charge in [-0.3, -0.25) is 9.36 Å². The molecular formula is C13H17N3O3. The summed E-state index contributed by atoms with van der Waals surface area (Å²) in [7, 11) is 0. The molecule has 2 heterocycles. The molecule has 102 valence electrons. The van der Waals surface area contributed by atoms with E-state index in [0.29, 0.717) is 17.1 Å². The van der Waals surface area contributed by atoms with E-state index in [1.807, 2.05) is 31.4 Å². The van der Waals surface area contributed by atoms with Crippen molar-refractivity contribution in [3.8, 4) is 5.82 Å². The Kier molecular flexibility index (Phi) is 3.71. The summed E-state index contributed by atoms with van der Waals surface area (Å²) in [6, 6.07) is 3.61. The second-order valence-corrected chi connectivity index (χ2v) is 4.40. The first-order valence-electron chi connectivity index (χ1n) is 6.06. The highest BCUT2D eigenvalue weighted by molar-refractivity contribution is 5.95. The Bertz CT molecular complexity index is 598. The highest BCUT2D eigenvalue weighted by Crippen LogP contribution is 2.20. The topological polar surface area (TPSA) is 80.3 Å². The Morgan fingerprint density at radius 3 is 2.74 bits per heavy atom. The lowest BCUT2D eigenvalue weighted by Crippen LogP contribution is -2.26. The number of nitrogens with zero attached hydrogens (tertiary/aromatic N) is 2. The van der Waals surface area contributed by atoms with Crippen LogP contribution in [0.4, 0.5) is 0 Å². The lowest BCUT2D eigenvalue weighted by atomic mass is 10.2. The van der Waals surface area contributed by atoms with E-state index in [9.17, 15) is 4.79 Å². The Labute approximate surface area is 111 Å². The Balaban J connectivity index is 2.37. The second-order valence-electron chi connectivity index (χ2n) is 4.40. The third-order valence-electron chi connectivity index (χ3n) is 2.92. The van der Waals surface area contributed by atoms with Gasteiger partial charge in [0.1, 0.15) is 5.76 Å². The molecule has 2 N–H and O–H groups in total. The zero-order valence-electron chi connectivity index (χ0n) is 11.2. The number of amides is 1. The van der Waals surface area contributed by atoms with Crippen LogP contribution in [0.2, 0.25) is 0 Å². The lowest BCUT2D eigenvalue weighted by Gasteiger charge is -2.05. The van der Waals surface area contributed by atoms with Crippen LogP contribution in [0.1, 0.15) is 27.5 Å². The largest absolute Gasteiger partial charge is 0.395 e. The third kappa shape index (κ3) is 2.53. The standard InChI is InChI=1S/C13H17N3O3/c1-8-6-11(13(18)14-4-5-17)10(3)16(8)12-7-9(2)19-15-12/h6-7,17H,4-5H2,1-3H3,(H,14,18). The van der Waals surface area contributed by atoms with Crippen molar-refractivity contribution < 1.29 is 14.4 Å². The van der Waals surface area contributed by atoms with Crippen molar-refractivity contribution in [2.45, 2.75) is 20.8 Å². The van der Waals surface area contributed by atoms with Crippen molar-refractivity contribution in [3.05, 3.63) is 34.8 Å². The van der Waals surface area contributed by atoms with E-state index in [4.69, 9.17) is 9.63 Å². The predicted molar refractivity (Wildman–Crippen MR) is 69.5 cm³/mol. The number of aliphatic hydroxyl groups is 1. The minimum Gasteiger partial charge on any atom is -0.395 e. The quantitative estimate of drug-likeness (QED) is 0.866. The molecule has 0 aromatic carbocycles. The number of nitrogens with one attached hydrogen (secondary N) is 1. The van der Waals surface area contributed by atoms with Gasteiger partial charge in [0.2, 0.25) is 0 Å². The number of aryl methyl sites for hydroxylation is 2. The fourth-order valence-electron chi connectivity index (χ4n) is 2.07. The molecule has 6 heteroatoms. The Morgan fingerprint density at radius 2 is 2.16 bits per heavy atom. The van der Waals surface area contributed by atoms with E-state index < -0.39 is 0 Å². The van der Waals surface area contributed by atoms with Gasteiger partial charge in [0, 0.05) is 24.0 Å². The number of carbonyl (C=O) groups is 1. The number of aromatic nitrogens is 2. The average Bonchev–Trinajstić information content (AvgIpc) is 2.90. The van der Waals surface area contributed by atoms with Gasteiger partial charge < -0.3 is 14.9 Å². The van der Waals surface area contributed by atoms with Crippen LogP contribution in [0.15, 0.2) is 16.7 Å². The van der Waals surface area contributed by atoms with Crippen LogP contribution >= 0.6 is 0 Å². The molecule has 0 aliphatic carbocycles. The fourth-order valence-corrected chi connectivity index (χ4v) is 2.07. The number of rotatable bonds is 4. The maximum absolute atomic E-state index is 11.9. The summed E-state index contributed by atoms with van der Waals surface area (Å²) in [4.78, 5) is 11.9. The van der Waals surface area contributed by atoms with Gasteiger partial charge in [-0.25, -0.2) is 0 Å². The normalized spacial score (nSPS) is 10.7. The van der Waals surface area contributed by atoms with Crippen molar-refractivity contribution in [2.24, 2.45) is 0 Å². The van der Waals surface area contributed by atoms with Gasteiger partial charge in [-0.15, -0.1) is 0 Å². The number of hydrogen-bond acceptors (Lipinski definition) is 4. The maximum atomic E-state index is 11.9. The van der Waals surface area contributed by atoms with Crippen molar-refractivity contribution in [2.75, 3.05) is 13.2 Å². The summed E-state index contributed by atoms with van der Waals surface area (Å²) in [6.45, 7) is 5.74. The molecule has 0 saturated heterocycles. The van der Waals surface area contributed by atoms with Crippen LogP contribution in [0.5, 0.6) is 0 Å². The molecule has 0 unspecified atom stereocenters. The summed E-state index contributed by atoms with van der Waals surface area (Å²) in [5.41, 5.74) is 2.27. The Morgan fingerprint density at radius 1 is 1.42 bits per heavy atom. The molecule has 2 rings (SSSR count). The SMILES string of the molecule is Cc1cc(-n2c(C)cc(C(=O)NCCO)c2C)no1. The molecule has 0 fully saturated rings. The van der Waals surface area contributed by atoms with Gasteiger partial charge in [0.15, 0.2) is 5.82 Å². The molecule has 0 aliphatic rings. The average molecular weight is 263 g/mol. The highest BCUT2D eigenvalue weighted by atomic mass is 16.5. The molecule has 0 saturated carbocycles. The Hall–Kier alpha value is -2.08. The van der Waals surface area contributed by atoms with Gasteiger partial charge >= 0.3 is 0 Å². The third-order valence-corrected chi connectivity index (χ3v) is 2.92. The molecule has 1 amide bonds. The molecule has 6 nitrogen and oxygen atoms in total. The predicted octanol–water partition coefficient (Wildman–Crippen LogP) is 1.11. The smallest absolute Gasteiger partial charge is 0.253 e. The van der Waals surface area contributed by atoms with Crippen LogP contribution in [0.3, 0.4) is 0 Å². The molecule has 0 spiro atoms. The summed E-state index contributed by atoms with van der Waals surface area (Å²) < 4.78 is 6.92. The van der Waals surface area contributed by atoms with Gasteiger partial charge in [-0.05, 0) is 26.8 Å². The van der Waals surface area contributed by atoms with Crippen LogP contribution in [0, 0.1) is 20.8 Å². The molecule has 2 aromatic heterocycles. The van der Waals surface area contributed by atoms with Gasteiger partial charge in [0.05, 0.1) is 12.2 Å². The van der Waals surface area contributed by atoms with Crippen LogP contribution in [-0.2, 0) is 0 Å². The molecular weight excluding hydrogens is 246 g/mol. The molecule has 0 atom stereocenters. The monoisotopic (exact) mass is 263 g/mol. The molecule has 2 aromatic rings. The van der Waals surface area contributed by atoms with Crippen molar-refractivity contribution in [1.82, 2.24) is 15.0 Å². The molecule has 0 bridgehead atoms. The fraction of sp³-hybridized carbons (Fsp3) is 0.385. The van der Waals surface area contributed by atoms with E-state index in [1.165, 1.54) is 0 Å². The second kappa shape index (κ2) is 5.27.